The van der Waals surface area contributed by atoms with Crippen LogP contribution >= 0.6 is 0 Å². The standard InChI is InChI=1S/C12H17NOS/c1-10-7-5-6-8-11(10)9-13-15(14)12(2,3)4/h5-9H,1-4H3/t15-/m0/s1. The van der Waals surface area contributed by atoms with Crippen molar-refractivity contribution in [3.05, 3.63) is 35.4 Å². The molecule has 1 rings (SSSR count). The zero-order chi connectivity index (χ0) is 11.5. The summed E-state index contributed by atoms with van der Waals surface area (Å²) in [6.07, 6.45) is 1.69. The number of rotatable bonds is 2. The zero-order valence-electron chi connectivity index (χ0n) is 9.65. The van der Waals surface area contributed by atoms with E-state index in [0.29, 0.717) is 0 Å². The van der Waals surface area contributed by atoms with Crippen LogP contribution in [0.5, 0.6) is 0 Å². The van der Waals surface area contributed by atoms with Crippen molar-refractivity contribution < 1.29 is 4.21 Å². The topological polar surface area (TPSA) is 29.4 Å². The maximum atomic E-state index is 11.7. The van der Waals surface area contributed by atoms with Gasteiger partial charge in [0.25, 0.3) is 0 Å². The third-order valence-corrected chi connectivity index (χ3v) is 3.34. The van der Waals surface area contributed by atoms with E-state index in [0.717, 1.165) is 11.1 Å². The van der Waals surface area contributed by atoms with Crippen molar-refractivity contribution in [3.8, 4) is 0 Å². The van der Waals surface area contributed by atoms with Crippen molar-refractivity contribution >= 4 is 17.2 Å². The monoisotopic (exact) mass is 223 g/mol. The lowest BCUT2D eigenvalue weighted by molar-refractivity contribution is 0.651. The van der Waals surface area contributed by atoms with Crippen LogP contribution in [-0.4, -0.2) is 15.2 Å². The predicted octanol–water partition coefficient (Wildman–Crippen LogP) is 2.88. The molecule has 0 unspecified atom stereocenters. The van der Waals surface area contributed by atoms with E-state index in [2.05, 4.69) is 4.40 Å². The molecule has 0 fully saturated rings. The Morgan fingerprint density at radius 3 is 2.40 bits per heavy atom. The molecule has 2 nitrogen and oxygen atoms in total. The summed E-state index contributed by atoms with van der Waals surface area (Å²) in [5.41, 5.74) is 2.17. The highest BCUT2D eigenvalue weighted by atomic mass is 32.2. The van der Waals surface area contributed by atoms with Gasteiger partial charge in [-0.1, -0.05) is 24.3 Å². The Bertz CT molecular complexity index is 391. The van der Waals surface area contributed by atoms with Gasteiger partial charge in [-0.2, -0.15) is 4.40 Å². The molecular weight excluding hydrogens is 206 g/mol. The van der Waals surface area contributed by atoms with Gasteiger partial charge in [-0.15, -0.1) is 0 Å². The fourth-order valence-corrected chi connectivity index (χ4v) is 1.52. The Kier molecular flexibility index (Phi) is 3.80. The third kappa shape index (κ3) is 3.59. The second kappa shape index (κ2) is 4.71. The molecule has 0 aliphatic heterocycles. The van der Waals surface area contributed by atoms with Crippen LogP contribution in [0.4, 0.5) is 0 Å². The summed E-state index contributed by atoms with van der Waals surface area (Å²) in [6, 6.07) is 7.92. The van der Waals surface area contributed by atoms with Crippen molar-refractivity contribution in [1.29, 1.82) is 0 Å². The number of hydrogen-bond donors (Lipinski definition) is 0. The number of hydrogen-bond acceptors (Lipinski definition) is 1. The van der Waals surface area contributed by atoms with E-state index in [-0.39, 0.29) is 4.75 Å². The third-order valence-electron chi connectivity index (χ3n) is 2.00. The minimum absolute atomic E-state index is 0.292. The van der Waals surface area contributed by atoms with E-state index in [4.69, 9.17) is 0 Å². The molecule has 1 aromatic carbocycles. The van der Waals surface area contributed by atoms with Crippen LogP contribution in [0.2, 0.25) is 0 Å². The molecule has 0 spiro atoms. The summed E-state index contributed by atoms with van der Waals surface area (Å²) in [4.78, 5) is 0. The van der Waals surface area contributed by atoms with Crippen LogP contribution in [0.15, 0.2) is 28.7 Å². The largest absolute Gasteiger partial charge is 0.234 e. The van der Waals surface area contributed by atoms with E-state index in [9.17, 15) is 4.21 Å². The lowest BCUT2D eigenvalue weighted by Crippen LogP contribution is -2.19. The fraction of sp³-hybridized carbons (Fsp3) is 0.417. The first-order chi connectivity index (χ1) is 6.91. The number of nitrogens with zero attached hydrogens (tertiary/aromatic N) is 1. The van der Waals surface area contributed by atoms with Gasteiger partial charge < -0.3 is 0 Å². The zero-order valence-corrected chi connectivity index (χ0v) is 10.5. The van der Waals surface area contributed by atoms with Gasteiger partial charge in [0.15, 0.2) is 0 Å². The highest BCUT2D eigenvalue weighted by Crippen LogP contribution is 2.12. The highest BCUT2D eigenvalue weighted by molar-refractivity contribution is 7.85. The van der Waals surface area contributed by atoms with E-state index in [1.165, 1.54) is 0 Å². The average Bonchev–Trinajstić information content (AvgIpc) is 2.14. The Labute approximate surface area is 94.0 Å². The van der Waals surface area contributed by atoms with E-state index in [1.54, 1.807) is 6.21 Å². The van der Waals surface area contributed by atoms with Gasteiger partial charge in [0.1, 0.15) is 11.0 Å². The minimum Gasteiger partial charge on any atom is -0.234 e. The number of benzene rings is 1. The van der Waals surface area contributed by atoms with Gasteiger partial charge in [0.2, 0.25) is 0 Å². The quantitative estimate of drug-likeness (QED) is 0.709. The molecule has 0 amide bonds. The summed E-state index contributed by atoms with van der Waals surface area (Å²) in [6.45, 7) is 7.76. The molecule has 82 valence electrons. The van der Waals surface area contributed by atoms with Crippen molar-refractivity contribution in [2.24, 2.45) is 4.40 Å². The first-order valence-corrected chi connectivity index (χ1v) is 6.03. The molecule has 0 aliphatic rings. The average molecular weight is 223 g/mol. The number of aryl methyl sites for hydroxylation is 1. The molecule has 1 atom stereocenters. The minimum atomic E-state index is -1.18. The molecule has 0 heterocycles. The Morgan fingerprint density at radius 1 is 1.27 bits per heavy atom. The molecule has 0 saturated heterocycles. The maximum Gasteiger partial charge on any atom is 0.144 e. The van der Waals surface area contributed by atoms with Crippen molar-refractivity contribution in [2.75, 3.05) is 0 Å². The lowest BCUT2D eigenvalue weighted by atomic mass is 10.1. The van der Waals surface area contributed by atoms with Crippen molar-refractivity contribution in [1.82, 2.24) is 0 Å². The summed E-state index contributed by atoms with van der Waals surface area (Å²) in [5, 5.41) is 0. The van der Waals surface area contributed by atoms with Gasteiger partial charge in [0, 0.05) is 6.21 Å². The molecule has 0 N–H and O–H groups in total. The van der Waals surface area contributed by atoms with Gasteiger partial charge >= 0.3 is 0 Å². The molecule has 0 aromatic heterocycles. The maximum absolute atomic E-state index is 11.7. The van der Waals surface area contributed by atoms with Gasteiger partial charge in [-0.25, -0.2) is 4.21 Å². The Balaban J connectivity index is 2.84. The van der Waals surface area contributed by atoms with Gasteiger partial charge in [-0.3, -0.25) is 0 Å². The predicted molar refractivity (Wildman–Crippen MR) is 66.7 cm³/mol. The van der Waals surface area contributed by atoms with Crippen LogP contribution in [-0.2, 0) is 11.0 Å². The second-order valence-corrected chi connectivity index (χ2v) is 6.39. The van der Waals surface area contributed by atoms with Crippen LogP contribution in [0.3, 0.4) is 0 Å². The first kappa shape index (κ1) is 12.1. The summed E-state index contributed by atoms with van der Waals surface area (Å²) in [7, 11) is -1.18. The van der Waals surface area contributed by atoms with E-state index < -0.39 is 11.0 Å². The van der Waals surface area contributed by atoms with Crippen molar-refractivity contribution in [3.63, 3.8) is 0 Å². The Morgan fingerprint density at radius 2 is 1.87 bits per heavy atom. The summed E-state index contributed by atoms with van der Waals surface area (Å²) < 4.78 is 15.4. The van der Waals surface area contributed by atoms with Crippen molar-refractivity contribution in [2.45, 2.75) is 32.4 Å². The molecule has 1 aromatic rings. The smallest absolute Gasteiger partial charge is 0.144 e. The second-order valence-electron chi connectivity index (χ2n) is 4.45. The first-order valence-electron chi connectivity index (χ1n) is 4.93. The summed E-state index contributed by atoms with van der Waals surface area (Å²) in [5.74, 6) is 0. The van der Waals surface area contributed by atoms with Crippen LogP contribution in [0.1, 0.15) is 31.9 Å². The van der Waals surface area contributed by atoms with E-state index >= 15 is 0 Å². The fourth-order valence-electron chi connectivity index (χ4n) is 0.994. The van der Waals surface area contributed by atoms with Crippen LogP contribution < -0.4 is 0 Å². The van der Waals surface area contributed by atoms with E-state index in [1.807, 2.05) is 52.0 Å². The normalized spacial score (nSPS) is 14.4. The van der Waals surface area contributed by atoms with Gasteiger partial charge in [0.05, 0.1) is 4.75 Å². The van der Waals surface area contributed by atoms with Gasteiger partial charge in [-0.05, 0) is 38.8 Å². The summed E-state index contributed by atoms with van der Waals surface area (Å²) >= 11 is 0. The molecule has 0 saturated carbocycles. The lowest BCUT2D eigenvalue weighted by Gasteiger charge is -2.12. The van der Waals surface area contributed by atoms with Crippen LogP contribution in [0.25, 0.3) is 0 Å². The molecule has 15 heavy (non-hydrogen) atoms. The molecular formula is C12H17NOS. The Hall–Kier alpha value is -0.960. The van der Waals surface area contributed by atoms with Crippen LogP contribution in [0, 0.1) is 6.92 Å². The molecule has 0 bridgehead atoms. The SMILES string of the molecule is Cc1ccccc1C=N[S@@](=O)C(C)(C)C. The molecule has 3 heteroatoms. The highest BCUT2D eigenvalue weighted by Gasteiger charge is 2.18. The molecule has 0 radical (unpaired) electrons. The molecule has 0 aliphatic carbocycles.